The molecule has 0 spiro atoms. The van der Waals surface area contributed by atoms with E-state index >= 15 is 0 Å². The van der Waals surface area contributed by atoms with Crippen LogP contribution in [-0.2, 0) is 0 Å². The minimum Gasteiger partial charge on any atom is -0.334 e. The van der Waals surface area contributed by atoms with Crippen LogP contribution in [0.3, 0.4) is 0 Å². The standard InChI is InChI=1S/C19H33N5O.ClH/c1-14(2)13-17-7-5-4-6-12-23(17)19(25)18-15(3)24(22-21-18)16-8-10-20-11-9-16;/h14,16-17,20H,4-13H2,1-3H3;1H. The van der Waals surface area contributed by atoms with Crippen molar-refractivity contribution in [2.75, 3.05) is 19.6 Å². The first kappa shape index (κ1) is 21.2. The van der Waals surface area contributed by atoms with Gasteiger partial charge in [-0.3, -0.25) is 4.79 Å². The van der Waals surface area contributed by atoms with E-state index in [1.165, 1.54) is 12.8 Å². The van der Waals surface area contributed by atoms with Crippen molar-refractivity contribution in [2.45, 2.75) is 77.8 Å². The zero-order chi connectivity index (χ0) is 17.8. The number of halogens is 1. The Labute approximate surface area is 163 Å². The summed E-state index contributed by atoms with van der Waals surface area (Å²) < 4.78 is 1.99. The highest BCUT2D eigenvalue weighted by molar-refractivity contribution is 5.93. The predicted octanol–water partition coefficient (Wildman–Crippen LogP) is 3.36. The average molecular weight is 384 g/mol. The number of hydrogen-bond acceptors (Lipinski definition) is 4. The molecule has 2 aliphatic heterocycles. The second-order valence-corrected chi connectivity index (χ2v) is 8.08. The summed E-state index contributed by atoms with van der Waals surface area (Å²) in [4.78, 5) is 15.4. The maximum Gasteiger partial charge on any atom is 0.276 e. The topological polar surface area (TPSA) is 63.1 Å². The largest absolute Gasteiger partial charge is 0.334 e. The van der Waals surface area contributed by atoms with Crippen molar-refractivity contribution in [1.82, 2.24) is 25.2 Å². The average Bonchev–Trinajstić information content (AvgIpc) is 2.83. The van der Waals surface area contributed by atoms with Crippen molar-refractivity contribution in [3.05, 3.63) is 11.4 Å². The van der Waals surface area contributed by atoms with Gasteiger partial charge in [0.2, 0.25) is 0 Å². The highest BCUT2D eigenvalue weighted by Crippen LogP contribution is 2.26. The van der Waals surface area contributed by atoms with Gasteiger partial charge in [-0.25, -0.2) is 4.68 Å². The molecule has 1 amide bonds. The number of hydrogen-bond donors (Lipinski definition) is 1. The van der Waals surface area contributed by atoms with Crippen LogP contribution in [0.15, 0.2) is 0 Å². The maximum atomic E-state index is 13.3. The molecule has 1 aromatic rings. The van der Waals surface area contributed by atoms with Crippen molar-refractivity contribution >= 4 is 18.3 Å². The van der Waals surface area contributed by atoms with E-state index < -0.39 is 0 Å². The number of piperidine rings is 1. The lowest BCUT2D eigenvalue weighted by Gasteiger charge is -2.31. The Bertz CT molecular complexity index is 582. The third kappa shape index (κ3) is 4.77. The number of rotatable bonds is 4. The lowest BCUT2D eigenvalue weighted by molar-refractivity contribution is 0.0654. The fourth-order valence-electron chi connectivity index (χ4n) is 4.31. The van der Waals surface area contributed by atoms with Crippen molar-refractivity contribution in [1.29, 1.82) is 0 Å². The number of likely N-dealkylation sites (tertiary alicyclic amines) is 1. The van der Waals surface area contributed by atoms with Crippen LogP contribution in [0.1, 0.15) is 81.0 Å². The number of nitrogens with one attached hydrogen (secondary N) is 1. The molecule has 0 aromatic carbocycles. The maximum absolute atomic E-state index is 13.3. The first-order valence-electron chi connectivity index (χ1n) is 10.0. The van der Waals surface area contributed by atoms with Crippen molar-refractivity contribution in [3.8, 4) is 0 Å². The first-order valence-corrected chi connectivity index (χ1v) is 10.0. The van der Waals surface area contributed by atoms with Crippen LogP contribution in [0.25, 0.3) is 0 Å². The molecule has 2 saturated heterocycles. The van der Waals surface area contributed by atoms with E-state index in [0.717, 1.165) is 57.4 Å². The summed E-state index contributed by atoms with van der Waals surface area (Å²) in [7, 11) is 0. The van der Waals surface area contributed by atoms with Gasteiger partial charge >= 0.3 is 0 Å². The van der Waals surface area contributed by atoms with E-state index in [1.807, 2.05) is 11.6 Å². The molecule has 1 atom stereocenters. The molecule has 1 N–H and O–H groups in total. The van der Waals surface area contributed by atoms with E-state index in [1.54, 1.807) is 0 Å². The molecule has 3 rings (SSSR count). The van der Waals surface area contributed by atoms with Crippen molar-refractivity contribution < 1.29 is 4.79 Å². The van der Waals surface area contributed by atoms with Gasteiger partial charge in [-0.2, -0.15) is 0 Å². The van der Waals surface area contributed by atoms with Crippen molar-refractivity contribution in [3.63, 3.8) is 0 Å². The summed E-state index contributed by atoms with van der Waals surface area (Å²) >= 11 is 0. The SMILES string of the molecule is Cc1c(C(=O)N2CCCCCC2CC(C)C)nnn1C1CCNCC1.Cl. The van der Waals surface area contributed by atoms with Crippen LogP contribution >= 0.6 is 12.4 Å². The van der Waals surface area contributed by atoms with E-state index in [4.69, 9.17) is 0 Å². The molecular weight excluding hydrogens is 350 g/mol. The molecule has 6 nitrogen and oxygen atoms in total. The third-order valence-electron chi connectivity index (χ3n) is 5.67. The molecule has 26 heavy (non-hydrogen) atoms. The lowest BCUT2D eigenvalue weighted by Crippen LogP contribution is -2.41. The molecule has 2 fully saturated rings. The Hall–Kier alpha value is -1.14. The minimum atomic E-state index is 0. The smallest absolute Gasteiger partial charge is 0.276 e. The summed E-state index contributed by atoms with van der Waals surface area (Å²) in [6.07, 6.45) is 7.84. The lowest BCUT2D eigenvalue weighted by atomic mass is 9.98. The normalized spacial score (nSPS) is 22.2. The van der Waals surface area contributed by atoms with Crippen LogP contribution in [0.2, 0.25) is 0 Å². The number of nitrogens with zero attached hydrogens (tertiary/aromatic N) is 4. The van der Waals surface area contributed by atoms with E-state index in [9.17, 15) is 4.79 Å². The Morgan fingerprint density at radius 3 is 2.62 bits per heavy atom. The molecule has 0 saturated carbocycles. The van der Waals surface area contributed by atoms with E-state index in [-0.39, 0.29) is 18.3 Å². The first-order chi connectivity index (χ1) is 12.1. The summed E-state index contributed by atoms with van der Waals surface area (Å²) in [6.45, 7) is 9.37. The van der Waals surface area contributed by atoms with Crippen LogP contribution in [0.5, 0.6) is 0 Å². The highest BCUT2D eigenvalue weighted by atomic mass is 35.5. The van der Waals surface area contributed by atoms with E-state index in [2.05, 4.69) is 34.4 Å². The predicted molar refractivity (Wildman–Crippen MR) is 106 cm³/mol. The molecule has 3 heterocycles. The fourth-order valence-corrected chi connectivity index (χ4v) is 4.31. The molecule has 0 bridgehead atoms. The molecule has 0 aliphatic carbocycles. The number of carbonyl (C=O) groups excluding carboxylic acids is 1. The molecule has 1 aromatic heterocycles. The van der Waals surface area contributed by atoms with Crippen LogP contribution in [0, 0.1) is 12.8 Å². The van der Waals surface area contributed by atoms with Crippen LogP contribution < -0.4 is 5.32 Å². The molecule has 148 valence electrons. The van der Waals surface area contributed by atoms with Gasteiger partial charge in [0.05, 0.1) is 11.7 Å². The summed E-state index contributed by atoms with van der Waals surface area (Å²) in [5.41, 5.74) is 1.50. The van der Waals surface area contributed by atoms with Gasteiger partial charge in [0, 0.05) is 12.6 Å². The van der Waals surface area contributed by atoms with Gasteiger partial charge in [0.25, 0.3) is 5.91 Å². The van der Waals surface area contributed by atoms with Crippen LogP contribution in [-0.4, -0.2) is 51.5 Å². The fraction of sp³-hybridized carbons (Fsp3) is 0.842. The van der Waals surface area contributed by atoms with Gasteiger partial charge in [-0.1, -0.05) is 31.9 Å². The number of carbonyl (C=O) groups is 1. The quantitative estimate of drug-likeness (QED) is 0.865. The third-order valence-corrected chi connectivity index (χ3v) is 5.67. The highest BCUT2D eigenvalue weighted by Gasteiger charge is 2.31. The summed E-state index contributed by atoms with van der Waals surface area (Å²) in [6, 6.07) is 0.712. The Balaban J connectivity index is 0.00000243. The zero-order valence-electron chi connectivity index (χ0n) is 16.4. The molecule has 0 radical (unpaired) electrons. The Kier molecular flexibility index (Phi) is 7.89. The van der Waals surface area contributed by atoms with Gasteiger partial charge in [0.15, 0.2) is 5.69 Å². The van der Waals surface area contributed by atoms with Gasteiger partial charge < -0.3 is 10.2 Å². The zero-order valence-corrected chi connectivity index (χ0v) is 17.2. The summed E-state index contributed by atoms with van der Waals surface area (Å²) in [5, 5.41) is 12.0. The molecule has 1 unspecified atom stereocenters. The van der Waals surface area contributed by atoms with E-state index in [0.29, 0.717) is 23.7 Å². The van der Waals surface area contributed by atoms with Crippen LogP contribution in [0.4, 0.5) is 0 Å². The minimum absolute atomic E-state index is 0. The van der Waals surface area contributed by atoms with Crippen molar-refractivity contribution in [2.24, 2.45) is 5.92 Å². The molecular formula is C19H34ClN5O. The second-order valence-electron chi connectivity index (χ2n) is 8.08. The van der Waals surface area contributed by atoms with Gasteiger partial charge in [-0.05, 0) is 58.0 Å². The Morgan fingerprint density at radius 1 is 1.19 bits per heavy atom. The monoisotopic (exact) mass is 383 g/mol. The molecule has 7 heteroatoms. The number of aromatic nitrogens is 3. The molecule has 2 aliphatic rings. The Morgan fingerprint density at radius 2 is 1.92 bits per heavy atom. The van der Waals surface area contributed by atoms with Gasteiger partial charge in [0.1, 0.15) is 0 Å². The second kappa shape index (κ2) is 9.70. The number of amides is 1. The summed E-state index contributed by atoms with van der Waals surface area (Å²) in [5.74, 6) is 0.690. The van der Waals surface area contributed by atoms with Gasteiger partial charge in [-0.15, -0.1) is 17.5 Å².